The summed E-state index contributed by atoms with van der Waals surface area (Å²) in [4.78, 5) is 22.7. The Bertz CT molecular complexity index is 861. The first-order chi connectivity index (χ1) is 12.3. The Kier molecular flexibility index (Phi) is 4.03. The van der Waals surface area contributed by atoms with Crippen molar-refractivity contribution in [1.29, 1.82) is 0 Å². The first-order valence-corrected chi connectivity index (χ1v) is 8.24. The lowest BCUT2D eigenvalue weighted by molar-refractivity contribution is 0.0322. The summed E-state index contributed by atoms with van der Waals surface area (Å²) in [7, 11) is 0. The van der Waals surface area contributed by atoms with Crippen LogP contribution >= 0.6 is 0 Å². The average Bonchev–Trinajstić information content (AvgIpc) is 2.93. The number of carbonyl (C=O) groups excluding carboxylic acids is 1. The molecule has 1 aliphatic carbocycles. The van der Waals surface area contributed by atoms with Crippen molar-refractivity contribution >= 4 is 11.7 Å². The lowest BCUT2D eigenvalue weighted by Crippen LogP contribution is -2.28. The highest BCUT2D eigenvalue weighted by molar-refractivity contribution is 6.04. The van der Waals surface area contributed by atoms with Gasteiger partial charge in [-0.15, -0.1) is 0 Å². The van der Waals surface area contributed by atoms with Gasteiger partial charge in [0.1, 0.15) is 5.82 Å². The van der Waals surface area contributed by atoms with Crippen molar-refractivity contribution in [2.24, 2.45) is 0 Å². The lowest BCUT2D eigenvalue weighted by atomic mass is 10.1. The Hall–Kier alpha value is -2.99. The summed E-state index contributed by atoms with van der Waals surface area (Å²) in [6.07, 6.45) is 11.5. The molecule has 1 atom stereocenters. The number of carbonyl (C=O) groups is 1. The van der Waals surface area contributed by atoms with E-state index >= 15 is 0 Å². The van der Waals surface area contributed by atoms with Gasteiger partial charge < -0.3 is 10.4 Å². The summed E-state index contributed by atoms with van der Waals surface area (Å²) in [5.74, 6) is 0.280. The van der Waals surface area contributed by atoms with Crippen LogP contribution in [0.4, 0.5) is 5.82 Å². The highest BCUT2D eigenvalue weighted by atomic mass is 16.3. The van der Waals surface area contributed by atoms with Crippen molar-refractivity contribution in [2.75, 3.05) is 5.32 Å². The third kappa shape index (κ3) is 2.81. The van der Waals surface area contributed by atoms with Gasteiger partial charge in [-0.1, -0.05) is 12.2 Å². The van der Waals surface area contributed by atoms with Crippen LogP contribution in [0.3, 0.4) is 0 Å². The summed E-state index contributed by atoms with van der Waals surface area (Å²) in [6, 6.07) is 5.51. The standard InChI is InChI=1S/C19H18N4O2/c24-18-15-8-11-21-17(22-12-13-6-9-20-10-7-13)16(15)19(25)23(18)14-4-2-1-3-5-14/h1-2,4,6-11,18,24H,3,5,12H2,(H,21,22). The first-order valence-electron chi connectivity index (χ1n) is 8.24. The van der Waals surface area contributed by atoms with Gasteiger partial charge in [0.05, 0.1) is 5.56 Å². The molecule has 1 aliphatic heterocycles. The highest BCUT2D eigenvalue weighted by Crippen LogP contribution is 2.39. The monoisotopic (exact) mass is 334 g/mol. The van der Waals surface area contributed by atoms with Crippen molar-refractivity contribution < 1.29 is 9.90 Å². The van der Waals surface area contributed by atoms with E-state index < -0.39 is 6.23 Å². The van der Waals surface area contributed by atoms with Crippen molar-refractivity contribution in [1.82, 2.24) is 14.9 Å². The van der Waals surface area contributed by atoms with Crippen LogP contribution in [-0.2, 0) is 6.54 Å². The second-order valence-corrected chi connectivity index (χ2v) is 6.01. The Balaban J connectivity index is 1.63. The van der Waals surface area contributed by atoms with Gasteiger partial charge >= 0.3 is 0 Å². The van der Waals surface area contributed by atoms with Crippen molar-refractivity contribution in [3.63, 3.8) is 0 Å². The number of allylic oxidation sites excluding steroid dienone is 4. The molecule has 2 N–H and O–H groups in total. The molecule has 2 aliphatic rings. The molecule has 6 heteroatoms. The predicted molar refractivity (Wildman–Crippen MR) is 93.4 cm³/mol. The molecule has 0 radical (unpaired) electrons. The fourth-order valence-corrected chi connectivity index (χ4v) is 3.19. The first kappa shape index (κ1) is 15.5. The minimum atomic E-state index is -0.968. The molecule has 0 spiro atoms. The van der Waals surface area contributed by atoms with Crippen LogP contribution in [0.2, 0.25) is 0 Å². The van der Waals surface area contributed by atoms with E-state index in [0.29, 0.717) is 23.5 Å². The lowest BCUT2D eigenvalue weighted by Gasteiger charge is -2.24. The van der Waals surface area contributed by atoms with Gasteiger partial charge in [0, 0.05) is 36.4 Å². The van der Waals surface area contributed by atoms with Crippen molar-refractivity contribution in [2.45, 2.75) is 25.6 Å². The van der Waals surface area contributed by atoms with E-state index in [2.05, 4.69) is 15.3 Å². The largest absolute Gasteiger partial charge is 0.369 e. The van der Waals surface area contributed by atoms with Crippen LogP contribution < -0.4 is 5.32 Å². The van der Waals surface area contributed by atoms with E-state index in [4.69, 9.17) is 0 Å². The van der Waals surface area contributed by atoms with Gasteiger partial charge in [0.2, 0.25) is 0 Å². The second-order valence-electron chi connectivity index (χ2n) is 6.01. The molecule has 1 unspecified atom stereocenters. The molecule has 2 aromatic rings. The number of nitrogens with one attached hydrogen (secondary N) is 1. The molecular formula is C19H18N4O2. The van der Waals surface area contributed by atoms with Crippen LogP contribution in [0.15, 0.2) is 60.7 Å². The molecular weight excluding hydrogens is 316 g/mol. The highest BCUT2D eigenvalue weighted by Gasteiger charge is 2.39. The number of pyridine rings is 2. The Labute approximate surface area is 145 Å². The molecule has 6 nitrogen and oxygen atoms in total. The van der Waals surface area contributed by atoms with E-state index in [1.807, 2.05) is 30.4 Å². The molecule has 0 bridgehead atoms. The second kappa shape index (κ2) is 6.49. The fraction of sp³-hybridized carbons (Fsp3) is 0.211. The number of aliphatic hydroxyl groups is 1. The molecule has 2 aromatic heterocycles. The molecule has 25 heavy (non-hydrogen) atoms. The number of anilines is 1. The van der Waals surface area contributed by atoms with E-state index in [-0.39, 0.29) is 5.91 Å². The number of aromatic nitrogens is 2. The minimum absolute atomic E-state index is 0.214. The third-order valence-electron chi connectivity index (χ3n) is 4.45. The van der Waals surface area contributed by atoms with E-state index in [1.165, 1.54) is 4.90 Å². The molecule has 0 saturated carbocycles. The Morgan fingerprint density at radius 1 is 1.24 bits per heavy atom. The number of hydrogen-bond acceptors (Lipinski definition) is 5. The molecule has 4 rings (SSSR count). The molecule has 1 amide bonds. The van der Waals surface area contributed by atoms with E-state index in [1.54, 1.807) is 24.7 Å². The van der Waals surface area contributed by atoms with Gasteiger partial charge in [-0.05, 0) is 42.7 Å². The maximum Gasteiger partial charge on any atom is 0.264 e. The third-order valence-corrected chi connectivity index (χ3v) is 4.45. The van der Waals surface area contributed by atoms with Crippen LogP contribution in [0, 0.1) is 0 Å². The van der Waals surface area contributed by atoms with Crippen LogP contribution in [-0.4, -0.2) is 25.9 Å². The molecule has 0 fully saturated rings. The minimum Gasteiger partial charge on any atom is -0.369 e. The van der Waals surface area contributed by atoms with Crippen LogP contribution in [0.25, 0.3) is 0 Å². The summed E-state index contributed by atoms with van der Waals surface area (Å²) < 4.78 is 0. The average molecular weight is 334 g/mol. The topological polar surface area (TPSA) is 78.3 Å². The normalized spacial score (nSPS) is 18.9. The number of rotatable bonds is 4. The van der Waals surface area contributed by atoms with Crippen LogP contribution in [0.5, 0.6) is 0 Å². The number of nitrogens with zero attached hydrogens (tertiary/aromatic N) is 3. The van der Waals surface area contributed by atoms with Gasteiger partial charge in [0.15, 0.2) is 6.23 Å². The summed E-state index contributed by atoms with van der Waals surface area (Å²) in [6.45, 7) is 0.529. The molecule has 3 heterocycles. The number of hydrogen-bond donors (Lipinski definition) is 2. The Morgan fingerprint density at radius 2 is 2.08 bits per heavy atom. The zero-order valence-corrected chi connectivity index (χ0v) is 13.6. The smallest absolute Gasteiger partial charge is 0.264 e. The van der Waals surface area contributed by atoms with Gasteiger partial charge in [-0.2, -0.15) is 0 Å². The number of fused-ring (bicyclic) bond motifs is 1. The maximum absolute atomic E-state index is 12.9. The zero-order valence-electron chi connectivity index (χ0n) is 13.6. The summed E-state index contributed by atoms with van der Waals surface area (Å²) in [5, 5.41) is 13.9. The molecule has 0 aromatic carbocycles. The SMILES string of the molecule is O=C1c2c(ccnc2NCc2ccncc2)C(O)N1C1=CC=CCC1. The molecule has 126 valence electrons. The summed E-state index contributed by atoms with van der Waals surface area (Å²) >= 11 is 0. The number of aliphatic hydroxyl groups excluding tert-OH is 1. The van der Waals surface area contributed by atoms with Gasteiger partial charge in [-0.25, -0.2) is 4.98 Å². The quantitative estimate of drug-likeness (QED) is 0.899. The maximum atomic E-state index is 12.9. The number of amides is 1. The van der Waals surface area contributed by atoms with E-state index in [0.717, 1.165) is 24.1 Å². The van der Waals surface area contributed by atoms with Crippen molar-refractivity contribution in [3.8, 4) is 0 Å². The zero-order chi connectivity index (χ0) is 17.2. The summed E-state index contributed by atoms with van der Waals surface area (Å²) in [5.41, 5.74) is 2.90. The van der Waals surface area contributed by atoms with E-state index in [9.17, 15) is 9.90 Å². The molecule has 0 saturated heterocycles. The van der Waals surface area contributed by atoms with Crippen LogP contribution in [0.1, 0.15) is 40.6 Å². The van der Waals surface area contributed by atoms with Crippen molar-refractivity contribution in [3.05, 3.63) is 77.4 Å². The van der Waals surface area contributed by atoms with Gasteiger partial charge in [-0.3, -0.25) is 14.7 Å². The fourth-order valence-electron chi connectivity index (χ4n) is 3.19. The van der Waals surface area contributed by atoms with Gasteiger partial charge in [0.25, 0.3) is 5.91 Å². The predicted octanol–water partition coefficient (Wildman–Crippen LogP) is 2.77. The Morgan fingerprint density at radius 3 is 2.84 bits per heavy atom.